The molecule has 1 amide bonds. The van der Waals surface area contributed by atoms with Gasteiger partial charge in [0.1, 0.15) is 12.6 Å². The van der Waals surface area contributed by atoms with Crippen LogP contribution in [0.5, 0.6) is 0 Å². The lowest BCUT2D eigenvalue weighted by Gasteiger charge is -2.26. The van der Waals surface area contributed by atoms with E-state index in [-0.39, 0.29) is 12.5 Å². The van der Waals surface area contributed by atoms with E-state index in [1.165, 1.54) is 40.0 Å². The molecule has 1 heterocycles. The topological polar surface area (TPSA) is 94.6 Å². The molecule has 1 aromatic rings. The summed E-state index contributed by atoms with van der Waals surface area (Å²) in [6.45, 7) is 5.95. The van der Waals surface area contributed by atoms with Gasteiger partial charge in [0.15, 0.2) is 6.10 Å². The molecule has 160 valence electrons. The third-order valence-corrected chi connectivity index (χ3v) is 4.11. The van der Waals surface area contributed by atoms with Gasteiger partial charge in [0.25, 0.3) is 0 Å². The lowest BCUT2D eigenvalue weighted by atomic mass is 10.1. The zero-order chi connectivity index (χ0) is 21.6. The third kappa shape index (κ3) is 10.4. The molecule has 0 saturated heterocycles. The summed E-state index contributed by atoms with van der Waals surface area (Å²) >= 11 is 0. The second kappa shape index (κ2) is 13.5. The summed E-state index contributed by atoms with van der Waals surface area (Å²) in [4.78, 5) is 39.0. The molecule has 0 aliphatic rings. The highest BCUT2D eigenvalue weighted by atomic mass is 16.6. The first-order valence-corrected chi connectivity index (χ1v) is 10.0. The van der Waals surface area contributed by atoms with Crippen LogP contribution < -0.4 is 5.32 Å². The van der Waals surface area contributed by atoms with E-state index in [4.69, 9.17) is 9.47 Å². The fraction of sp³-hybridized carbons (Fsp3) is 0.545. The zero-order valence-electron chi connectivity index (χ0n) is 17.8. The van der Waals surface area contributed by atoms with Crippen molar-refractivity contribution in [2.24, 2.45) is 0 Å². The number of unbranched alkanes of at least 4 members (excludes halogenated alkanes) is 4. The number of esters is 2. The Balaban J connectivity index is 2.99. The Hall–Kier alpha value is -2.70. The van der Waals surface area contributed by atoms with Gasteiger partial charge in [0.05, 0.1) is 11.4 Å². The van der Waals surface area contributed by atoms with Crippen molar-refractivity contribution < 1.29 is 23.9 Å². The SMILES string of the molecule is CCCCCC/C=C\c1cccc(C(OC(C)=O)C(COC(C)=O)NC(C)=O)n1. The summed E-state index contributed by atoms with van der Waals surface area (Å²) in [5, 5.41) is 2.68. The minimum Gasteiger partial charge on any atom is -0.464 e. The third-order valence-electron chi connectivity index (χ3n) is 4.11. The van der Waals surface area contributed by atoms with Gasteiger partial charge in [0, 0.05) is 20.8 Å². The Kier molecular flexibility index (Phi) is 11.3. The molecular formula is C22H32N2O5. The molecule has 2 unspecified atom stereocenters. The maximum absolute atomic E-state index is 11.7. The van der Waals surface area contributed by atoms with E-state index in [2.05, 4.69) is 23.3 Å². The molecule has 0 aliphatic heterocycles. The molecule has 29 heavy (non-hydrogen) atoms. The van der Waals surface area contributed by atoms with E-state index >= 15 is 0 Å². The Morgan fingerprint density at radius 3 is 2.48 bits per heavy atom. The predicted octanol–water partition coefficient (Wildman–Crippen LogP) is 3.74. The van der Waals surface area contributed by atoms with Crippen molar-refractivity contribution in [3.05, 3.63) is 35.7 Å². The molecule has 0 aromatic carbocycles. The second-order valence-electron chi connectivity index (χ2n) is 6.88. The van der Waals surface area contributed by atoms with Crippen LogP contribution in [0.2, 0.25) is 0 Å². The van der Waals surface area contributed by atoms with Crippen LogP contribution in [0.4, 0.5) is 0 Å². The number of carbonyl (C=O) groups is 3. The van der Waals surface area contributed by atoms with Gasteiger partial charge in [-0.15, -0.1) is 0 Å². The molecule has 1 rings (SSSR count). The van der Waals surface area contributed by atoms with Crippen LogP contribution >= 0.6 is 0 Å². The van der Waals surface area contributed by atoms with Crippen LogP contribution in [-0.4, -0.2) is 35.5 Å². The highest BCUT2D eigenvalue weighted by Crippen LogP contribution is 2.22. The number of nitrogens with zero attached hydrogens (tertiary/aromatic N) is 1. The highest BCUT2D eigenvalue weighted by Gasteiger charge is 2.29. The van der Waals surface area contributed by atoms with Crippen LogP contribution in [0.1, 0.15) is 77.3 Å². The van der Waals surface area contributed by atoms with E-state index in [0.29, 0.717) is 5.69 Å². The van der Waals surface area contributed by atoms with Crippen molar-refractivity contribution >= 4 is 23.9 Å². The van der Waals surface area contributed by atoms with E-state index in [9.17, 15) is 14.4 Å². The molecule has 0 aliphatic carbocycles. The average Bonchev–Trinajstić information content (AvgIpc) is 2.66. The summed E-state index contributed by atoms with van der Waals surface area (Å²) in [6.07, 6.45) is 8.87. The largest absolute Gasteiger partial charge is 0.464 e. The molecule has 0 fully saturated rings. The normalized spacial score (nSPS) is 13.0. The number of hydrogen-bond donors (Lipinski definition) is 1. The van der Waals surface area contributed by atoms with Crippen LogP contribution in [0.25, 0.3) is 6.08 Å². The molecule has 7 heteroatoms. The molecular weight excluding hydrogens is 372 g/mol. The lowest BCUT2D eigenvalue weighted by Crippen LogP contribution is -2.43. The predicted molar refractivity (Wildman–Crippen MR) is 111 cm³/mol. The maximum atomic E-state index is 11.7. The number of amides is 1. The van der Waals surface area contributed by atoms with Crippen molar-refractivity contribution in [3.8, 4) is 0 Å². The van der Waals surface area contributed by atoms with E-state index in [1.54, 1.807) is 6.07 Å². The first kappa shape index (κ1) is 24.3. The summed E-state index contributed by atoms with van der Waals surface area (Å²) < 4.78 is 10.5. The number of carbonyl (C=O) groups excluding carboxylic acids is 3. The van der Waals surface area contributed by atoms with E-state index in [1.807, 2.05) is 18.2 Å². The number of nitrogens with one attached hydrogen (secondary N) is 1. The van der Waals surface area contributed by atoms with Crippen LogP contribution in [0.15, 0.2) is 24.3 Å². The fourth-order valence-corrected chi connectivity index (χ4v) is 2.81. The number of aromatic nitrogens is 1. The van der Waals surface area contributed by atoms with Crippen LogP contribution in [-0.2, 0) is 23.9 Å². The van der Waals surface area contributed by atoms with Gasteiger partial charge >= 0.3 is 11.9 Å². The number of hydrogen-bond acceptors (Lipinski definition) is 6. The molecule has 1 aromatic heterocycles. The Morgan fingerprint density at radius 1 is 1.10 bits per heavy atom. The van der Waals surface area contributed by atoms with Gasteiger partial charge in [-0.1, -0.05) is 38.3 Å². The molecule has 0 saturated carbocycles. The van der Waals surface area contributed by atoms with Gasteiger partial charge in [-0.3, -0.25) is 14.4 Å². The van der Waals surface area contributed by atoms with Crippen molar-refractivity contribution in [2.45, 2.75) is 71.9 Å². The molecule has 1 N–H and O–H groups in total. The summed E-state index contributed by atoms with van der Waals surface area (Å²) in [5.41, 5.74) is 1.20. The van der Waals surface area contributed by atoms with Crippen molar-refractivity contribution in [1.82, 2.24) is 10.3 Å². The van der Waals surface area contributed by atoms with E-state index in [0.717, 1.165) is 18.5 Å². The highest BCUT2D eigenvalue weighted by molar-refractivity contribution is 5.73. The van der Waals surface area contributed by atoms with Gasteiger partial charge in [-0.05, 0) is 31.1 Å². The van der Waals surface area contributed by atoms with Crippen molar-refractivity contribution in [3.63, 3.8) is 0 Å². The number of ether oxygens (including phenoxy) is 2. The average molecular weight is 405 g/mol. The Labute approximate surface area is 172 Å². The fourth-order valence-electron chi connectivity index (χ4n) is 2.81. The van der Waals surface area contributed by atoms with Gasteiger partial charge in [-0.25, -0.2) is 4.98 Å². The van der Waals surface area contributed by atoms with Crippen molar-refractivity contribution in [1.29, 1.82) is 0 Å². The first-order valence-electron chi connectivity index (χ1n) is 10.0. The number of rotatable bonds is 12. The standard InChI is InChI=1S/C22H32N2O5/c1-5-6-7-8-9-10-12-19-13-11-14-20(24-19)22(29-18(4)27)21(23-16(2)25)15-28-17(3)26/h10-14,21-22H,5-9,15H2,1-4H3,(H,23,25)/b12-10-. The molecule has 0 radical (unpaired) electrons. The minimum atomic E-state index is -0.881. The molecule has 0 bridgehead atoms. The Morgan fingerprint density at radius 2 is 1.86 bits per heavy atom. The van der Waals surface area contributed by atoms with Crippen molar-refractivity contribution in [2.75, 3.05) is 6.61 Å². The summed E-state index contributed by atoms with van der Waals surface area (Å²) in [5.74, 6) is -1.34. The van der Waals surface area contributed by atoms with Crippen LogP contribution in [0.3, 0.4) is 0 Å². The van der Waals surface area contributed by atoms with Gasteiger partial charge in [-0.2, -0.15) is 0 Å². The number of pyridine rings is 1. The van der Waals surface area contributed by atoms with Crippen LogP contribution in [0, 0.1) is 0 Å². The summed E-state index contributed by atoms with van der Waals surface area (Å²) in [7, 11) is 0. The quantitative estimate of drug-likeness (QED) is 0.421. The lowest BCUT2D eigenvalue weighted by molar-refractivity contribution is -0.152. The summed E-state index contributed by atoms with van der Waals surface area (Å²) in [6, 6.07) is 4.64. The zero-order valence-corrected chi connectivity index (χ0v) is 17.8. The minimum absolute atomic E-state index is 0.133. The first-order chi connectivity index (χ1) is 13.8. The molecule has 2 atom stereocenters. The molecule has 0 spiro atoms. The number of allylic oxidation sites excluding steroid dienone is 1. The second-order valence-corrected chi connectivity index (χ2v) is 6.88. The van der Waals surface area contributed by atoms with Gasteiger partial charge in [0.2, 0.25) is 5.91 Å². The van der Waals surface area contributed by atoms with E-state index < -0.39 is 24.1 Å². The Bertz CT molecular complexity index is 702. The van der Waals surface area contributed by atoms with Gasteiger partial charge < -0.3 is 14.8 Å². The monoisotopic (exact) mass is 404 g/mol. The molecule has 7 nitrogen and oxygen atoms in total. The smallest absolute Gasteiger partial charge is 0.303 e. The maximum Gasteiger partial charge on any atom is 0.303 e.